The maximum Gasteiger partial charge on any atom is 0.284 e. The molecule has 0 atom stereocenters. The molecule has 7 heteroatoms. The van der Waals surface area contributed by atoms with Gasteiger partial charge in [-0.05, 0) is 29.8 Å². The maximum atomic E-state index is 11.1. The molecule has 2 aromatic carbocycles. The zero-order chi connectivity index (χ0) is 15.4. The maximum absolute atomic E-state index is 11.1. The lowest BCUT2D eigenvalue weighted by Crippen LogP contribution is -2.11. The predicted molar refractivity (Wildman–Crippen MR) is 78.1 cm³/mol. The number of aliphatic hydroxyl groups is 1. The first-order valence-corrected chi connectivity index (χ1v) is 6.79. The van der Waals surface area contributed by atoms with Crippen molar-refractivity contribution in [2.45, 2.75) is 16.4 Å². The van der Waals surface area contributed by atoms with Crippen LogP contribution in [0.2, 0.25) is 0 Å². The second-order valence-corrected chi connectivity index (χ2v) is 5.32. The summed E-state index contributed by atoms with van der Waals surface area (Å²) in [4.78, 5) is 22.8. The van der Waals surface area contributed by atoms with E-state index in [0.29, 0.717) is 4.90 Å². The van der Waals surface area contributed by atoms with Crippen molar-refractivity contribution in [3.05, 3.63) is 63.7 Å². The summed E-state index contributed by atoms with van der Waals surface area (Å²) in [5.41, 5.74) is 5.82. The Hall–Kier alpha value is -2.38. The van der Waals surface area contributed by atoms with E-state index < -0.39 is 10.8 Å². The van der Waals surface area contributed by atoms with Gasteiger partial charge in [-0.3, -0.25) is 14.9 Å². The fourth-order valence-corrected chi connectivity index (χ4v) is 2.59. The van der Waals surface area contributed by atoms with Gasteiger partial charge in [-0.25, -0.2) is 0 Å². The number of carbonyl (C=O) groups excluding carboxylic acids is 1. The number of carbonyl (C=O) groups is 1. The average molecular weight is 304 g/mol. The van der Waals surface area contributed by atoms with E-state index in [4.69, 9.17) is 10.8 Å². The number of amides is 1. The van der Waals surface area contributed by atoms with Crippen LogP contribution in [0, 0.1) is 10.1 Å². The quantitative estimate of drug-likeness (QED) is 0.651. The van der Waals surface area contributed by atoms with E-state index in [1.54, 1.807) is 24.3 Å². The number of nitro groups is 1. The average Bonchev–Trinajstić information content (AvgIpc) is 2.48. The van der Waals surface area contributed by atoms with Crippen molar-refractivity contribution in [2.75, 3.05) is 0 Å². The van der Waals surface area contributed by atoms with E-state index >= 15 is 0 Å². The zero-order valence-corrected chi connectivity index (χ0v) is 11.7. The Balaban J connectivity index is 2.34. The fourth-order valence-electron chi connectivity index (χ4n) is 1.69. The standard InChI is InChI=1S/C14H12N2O4S/c15-14(18)10-3-6-13(12(7-10)16(19)20)21-11-4-1-9(8-17)2-5-11/h1-7,17H,8H2,(H2,15,18). The highest BCUT2D eigenvalue weighted by Gasteiger charge is 2.17. The first kappa shape index (κ1) is 15.0. The summed E-state index contributed by atoms with van der Waals surface area (Å²) in [6.07, 6.45) is 0. The molecule has 0 bridgehead atoms. The van der Waals surface area contributed by atoms with Crippen molar-refractivity contribution >= 4 is 23.4 Å². The summed E-state index contributed by atoms with van der Waals surface area (Å²) in [6, 6.07) is 11.1. The minimum Gasteiger partial charge on any atom is -0.392 e. The van der Waals surface area contributed by atoms with Gasteiger partial charge in [0, 0.05) is 16.5 Å². The molecule has 0 heterocycles. The first-order valence-electron chi connectivity index (χ1n) is 5.97. The highest BCUT2D eigenvalue weighted by atomic mass is 32.2. The molecule has 108 valence electrons. The Labute approximate surface area is 124 Å². The van der Waals surface area contributed by atoms with Crippen molar-refractivity contribution < 1.29 is 14.8 Å². The molecule has 0 aliphatic rings. The Kier molecular flexibility index (Phi) is 4.56. The molecule has 0 aliphatic carbocycles. The minimum absolute atomic E-state index is 0.0571. The van der Waals surface area contributed by atoms with Crippen LogP contribution in [-0.4, -0.2) is 15.9 Å². The lowest BCUT2D eigenvalue weighted by molar-refractivity contribution is -0.387. The van der Waals surface area contributed by atoms with Crippen LogP contribution < -0.4 is 5.73 Å². The van der Waals surface area contributed by atoms with E-state index in [9.17, 15) is 14.9 Å². The molecule has 0 unspecified atom stereocenters. The third-order valence-corrected chi connectivity index (χ3v) is 3.85. The molecular weight excluding hydrogens is 292 g/mol. The topological polar surface area (TPSA) is 106 Å². The second kappa shape index (κ2) is 6.38. The lowest BCUT2D eigenvalue weighted by atomic mass is 10.2. The summed E-state index contributed by atoms with van der Waals surface area (Å²) in [5, 5.41) is 20.1. The van der Waals surface area contributed by atoms with Gasteiger partial charge in [0.05, 0.1) is 16.4 Å². The van der Waals surface area contributed by atoms with E-state index in [1.165, 1.54) is 30.0 Å². The number of aliphatic hydroxyl groups excluding tert-OH is 1. The minimum atomic E-state index is -0.707. The van der Waals surface area contributed by atoms with E-state index in [0.717, 1.165) is 10.5 Å². The molecule has 0 aromatic heterocycles. The Morgan fingerprint density at radius 3 is 2.43 bits per heavy atom. The van der Waals surface area contributed by atoms with Gasteiger partial charge in [0.15, 0.2) is 0 Å². The monoisotopic (exact) mass is 304 g/mol. The molecule has 2 aromatic rings. The molecule has 1 amide bonds. The van der Waals surface area contributed by atoms with Crippen LogP contribution in [0.25, 0.3) is 0 Å². The van der Waals surface area contributed by atoms with Gasteiger partial charge in [-0.1, -0.05) is 23.9 Å². The smallest absolute Gasteiger partial charge is 0.284 e. The van der Waals surface area contributed by atoms with E-state index in [1.807, 2.05) is 0 Å². The summed E-state index contributed by atoms with van der Waals surface area (Å²) in [6.45, 7) is -0.0571. The normalized spacial score (nSPS) is 10.3. The van der Waals surface area contributed by atoms with Gasteiger partial charge in [0.1, 0.15) is 0 Å². The third-order valence-electron chi connectivity index (χ3n) is 2.77. The number of nitro benzene ring substituents is 1. The van der Waals surface area contributed by atoms with Crippen molar-refractivity contribution in [1.82, 2.24) is 0 Å². The number of benzene rings is 2. The number of hydrogen-bond donors (Lipinski definition) is 2. The number of nitrogens with two attached hydrogens (primary N) is 1. The number of rotatable bonds is 5. The van der Waals surface area contributed by atoms with Gasteiger partial charge < -0.3 is 10.8 Å². The van der Waals surface area contributed by atoms with Crippen molar-refractivity contribution in [1.29, 1.82) is 0 Å². The lowest BCUT2D eigenvalue weighted by Gasteiger charge is -2.05. The number of hydrogen-bond acceptors (Lipinski definition) is 5. The Bertz CT molecular complexity index is 686. The summed E-state index contributed by atoms with van der Waals surface area (Å²) < 4.78 is 0. The van der Waals surface area contributed by atoms with Crippen LogP contribution in [0.5, 0.6) is 0 Å². The van der Waals surface area contributed by atoms with Crippen LogP contribution in [0.4, 0.5) is 5.69 Å². The summed E-state index contributed by atoms with van der Waals surface area (Å²) in [7, 11) is 0. The molecule has 0 spiro atoms. The molecule has 0 fully saturated rings. The molecule has 0 saturated carbocycles. The first-order chi connectivity index (χ1) is 10.0. The Morgan fingerprint density at radius 2 is 1.90 bits per heavy atom. The highest BCUT2D eigenvalue weighted by Crippen LogP contribution is 2.35. The van der Waals surface area contributed by atoms with Crippen LogP contribution in [0.1, 0.15) is 15.9 Å². The molecule has 21 heavy (non-hydrogen) atoms. The Morgan fingerprint density at radius 1 is 1.24 bits per heavy atom. The third kappa shape index (κ3) is 3.59. The molecule has 2 rings (SSSR count). The van der Waals surface area contributed by atoms with Crippen LogP contribution >= 0.6 is 11.8 Å². The second-order valence-electron chi connectivity index (χ2n) is 4.21. The molecule has 0 saturated heterocycles. The fraction of sp³-hybridized carbons (Fsp3) is 0.0714. The van der Waals surface area contributed by atoms with E-state index in [2.05, 4.69) is 0 Å². The van der Waals surface area contributed by atoms with Gasteiger partial charge in [-0.2, -0.15) is 0 Å². The number of nitrogens with zero attached hydrogens (tertiary/aromatic N) is 1. The van der Waals surface area contributed by atoms with Crippen LogP contribution in [0.15, 0.2) is 52.3 Å². The van der Waals surface area contributed by atoms with Crippen molar-refractivity contribution in [2.24, 2.45) is 5.73 Å². The molecule has 0 radical (unpaired) electrons. The SMILES string of the molecule is NC(=O)c1ccc(Sc2ccc(CO)cc2)c([N+](=O)[O-])c1. The van der Waals surface area contributed by atoms with Gasteiger partial charge >= 0.3 is 0 Å². The molecular formula is C14H12N2O4S. The van der Waals surface area contributed by atoms with Crippen LogP contribution in [0.3, 0.4) is 0 Å². The van der Waals surface area contributed by atoms with E-state index in [-0.39, 0.29) is 17.9 Å². The summed E-state index contributed by atoms with van der Waals surface area (Å²) >= 11 is 1.21. The predicted octanol–water partition coefficient (Wildman–Crippen LogP) is 2.34. The van der Waals surface area contributed by atoms with Crippen molar-refractivity contribution in [3.63, 3.8) is 0 Å². The molecule has 6 nitrogen and oxygen atoms in total. The highest BCUT2D eigenvalue weighted by molar-refractivity contribution is 7.99. The van der Waals surface area contributed by atoms with Gasteiger partial charge in [0.25, 0.3) is 5.69 Å². The summed E-state index contributed by atoms with van der Waals surface area (Å²) in [5.74, 6) is -0.707. The number of primary amides is 1. The van der Waals surface area contributed by atoms with Gasteiger partial charge in [0.2, 0.25) is 5.91 Å². The largest absolute Gasteiger partial charge is 0.392 e. The van der Waals surface area contributed by atoms with Crippen molar-refractivity contribution in [3.8, 4) is 0 Å². The zero-order valence-electron chi connectivity index (χ0n) is 10.9. The molecule has 3 N–H and O–H groups in total. The van der Waals surface area contributed by atoms with Crippen LogP contribution in [-0.2, 0) is 6.61 Å². The molecule has 0 aliphatic heterocycles. The van der Waals surface area contributed by atoms with Gasteiger partial charge in [-0.15, -0.1) is 0 Å².